The maximum Gasteiger partial charge on any atom is 0.276 e. The third-order valence-electron chi connectivity index (χ3n) is 2.03. The summed E-state index contributed by atoms with van der Waals surface area (Å²) in [6.45, 7) is 1.92. The standard InChI is InChI=1S/C10H9ClFN3O/c1-2-7(11)9-14-10(16-15-9)8-4-3-6(12)5-13-8/h3-5,7H,2H2,1H3. The van der Waals surface area contributed by atoms with Crippen LogP contribution in [0.5, 0.6) is 0 Å². The first kappa shape index (κ1) is 11.0. The summed E-state index contributed by atoms with van der Waals surface area (Å²) in [7, 11) is 0. The molecule has 0 N–H and O–H groups in total. The predicted molar refractivity (Wildman–Crippen MR) is 56.4 cm³/mol. The number of hydrogen-bond donors (Lipinski definition) is 0. The Labute approximate surface area is 96.5 Å². The van der Waals surface area contributed by atoms with E-state index in [9.17, 15) is 4.39 Å². The third-order valence-corrected chi connectivity index (χ3v) is 2.53. The Morgan fingerprint density at radius 3 is 2.94 bits per heavy atom. The van der Waals surface area contributed by atoms with Crippen molar-refractivity contribution < 1.29 is 8.91 Å². The monoisotopic (exact) mass is 241 g/mol. The fourth-order valence-corrected chi connectivity index (χ4v) is 1.24. The minimum absolute atomic E-state index is 0.245. The number of halogens is 2. The van der Waals surface area contributed by atoms with E-state index >= 15 is 0 Å². The van der Waals surface area contributed by atoms with E-state index in [0.29, 0.717) is 17.9 Å². The van der Waals surface area contributed by atoms with Crippen molar-refractivity contribution in [2.24, 2.45) is 0 Å². The van der Waals surface area contributed by atoms with Gasteiger partial charge in [-0.15, -0.1) is 11.6 Å². The van der Waals surface area contributed by atoms with E-state index in [2.05, 4.69) is 15.1 Å². The smallest absolute Gasteiger partial charge is 0.276 e. The molecule has 16 heavy (non-hydrogen) atoms. The van der Waals surface area contributed by atoms with E-state index in [0.717, 1.165) is 6.20 Å². The summed E-state index contributed by atoms with van der Waals surface area (Å²) in [5, 5.41) is 3.45. The topological polar surface area (TPSA) is 51.8 Å². The SMILES string of the molecule is CCC(Cl)c1noc(-c2ccc(F)cn2)n1. The summed E-state index contributed by atoms with van der Waals surface area (Å²) >= 11 is 5.95. The van der Waals surface area contributed by atoms with Crippen LogP contribution >= 0.6 is 11.6 Å². The molecule has 0 amide bonds. The van der Waals surface area contributed by atoms with Crippen LogP contribution in [0.25, 0.3) is 11.6 Å². The molecule has 0 bridgehead atoms. The van der Waals surface area contributed by atoms with Crippen molar-refractivity contribution in [3.05, 3.63) is 30.0 Å². The Balaban J connectivity index is 2.28. The van der Waals surface area contributed by atoms with Gasteiger partial charge in [-0.3, -0.25) is 0 Å². The van der Waals surface area contributed by atoms with E-state index in [1.807, 2.05) is 6.92 Å². The van der Waals surface area contributed by atoms with Crippen molar-refractivity contribution in [1.82, 2.24) is 15.1 Å². The lowest BCUT2D eigenvalue weighted by atomic mass is 10.3. The first-order valence-electron chi connectivity index (χ1n) is 4.80. The molecule has 4 nitrogen and oxygen atoms in total. The minimum Gasteiger partial charge on any atom is -0.332 e. The molecular formula is C10H9ClFN3O. The summed E-state index contributed by atoms with van der Waals surface area (Å²) in [5.74, 6) is 0.256. The molecule has 2 aromatic rings. The summed E-state index contributed by atoms with van der Waals surface area (Å²) < 4.78 is 17.6. The zero-order valence-electron chi connectivity index (χ0n) is 8.52. The van der Waals surface area contributed by atoms with Gasteiger partial charge in [-0.2, -0.15) is 4.98 Å². The maximum atomic E-state index is 12.6. The van der Waals surface area contributed by atoms with Crippen molar-refractivity contribution in [2.75, 3.05) is 0 Å². The van der Waals surface area contributed by atoms with Gasteiger partial charge in [0.15, 0.2) is 5.82 Å². The molecule has 0 saturated heterocycles. The second kappa shape index (κ2) is 4.57. The van der Waals surface area contributed by atoms with Crippen LogP contribution in [0.1, 0.15) is 24.5 Å². The quantitative estimate of drug-likeness (QED) is 0.776. The molecule has 0 aromatic carbocycles. The molecule has 0 fully saturated rings. The van der Waals surface area contributed by atoms with E-state index in [4.69, 9.17) is 16.1 Å². The Kier molecular flexibility index (Phi) is 3.14. The van der Waals surface area contributed by atoms with E-state index in [1.54, 1.807) is 0 Å². The highest BCUT2D eigenvalue weighted by molar-refractivity contribution is 6.20. The van der Waals surface area contributed by atoms with Crippen LogP contribution in [0.4, 0.5) is 4.39 Å². The van der Waals surface area contributed by atoms with E-state index in [1.165, 1.54) is 12.1 Å². The average Bonchev–Trinajstić information content (AvgIpc) is 2.78. The molecule has 1 unspecified atom stereocenters. The summed E-state index contributed by atoms with van der Waals surface area (Å²) in [5.41, 5.74) is 0.431. The van der Waals surface area contributed by atoms with Gasteiger partial charge in [0.25, 0.3) is 5.89 Å². The van der Waals surface area contributed by atoms with Gasteiger partial charge < -0.3 is 4.52 Å². The van der Waals surface area contributed by atoms with Gasteiger partial charge in [0.1, 0.15) is 11.5 Å². The van der Waals surface area contributed by atoms with E-state index < -0.39 is 5.82 Å². The molecule has 0 spiro atoms. The molecule has 0 saturated carbocycles. The molecule has 2 rings (SSSR count). The lowest BCUT2D eigenvalue weighted by Gasteiger charge is -1.96. The fourth-order valence-electron chi connectivity index (χ4n) is 1.15. The number of aromatic nitrogens is 3. The van der Waals surface area contributed by atoms with Gasteiger partial charge in [0, 0.05) is 0 Å². The van der Waals surface area contributed by atoms with Crippen LogP contribution in [0.3, 0.4) is 0 Å². The molecule has 84 valence electrons. The normalized spacial score (nSPS) is 12.7. The van der Waals surface area contributed by atoms with Crippen LogP contribution in [-0.4, -0.2) is 15.1 Å². The average molecular weight is 242 g/mol. The first-order valence-corrected chi connectivity index (χ1v) is 5.24. The van der Waals surface area contributed by atoms with Gasteiger partial charge in [-0.05, 0) is 18.6 Å². The summed E-state index contributed by atoms with van der Waals surface area (Å²) in [4.78, 5) is 7.92. The van der Waals surface area contributed by atoms with Crippen molar-refractivity contribution in [3.63, 3.8) is 0 Å². The lowest BCUT2D eigenvalue weighted by Crippen LogP contribution is -1.91. The fraction of sp³-hybridized carbons (Fsp3) is 0.300. The van der Waals surface area contributed by atoms with Crippen molar-refractivity contribution >= 4 is 11.6 Å². The van der Waals surface area contributed by atoms with Crippen molar-refractivity contribution in [1.29, 1.82) is 0 Å². The third kappa shape index (κ3) is 2.19. The van der Waals surface area contributed by atoms with Crippen LogP contribution in [0, 0.1) is 5.82 Å². The Morgan fingerprint density at radius 1 is 1.50 bits per heavy atom. The highest BCUT2D eigenvalue weighted by atomic mass is 35.5. The van der Waals surface area contributed by atoms with Crippen LogP contribution < -0.4 is 0 Å². The van der Waals surface area contributed by atoms with Crippen LogP contribution in [0.15, 0.2) is 22.9 Å². The zero-order valence-corrected chi connectivity index (χ0v) is 9.28. The molecular weight excluding hydrogens is 233 g/mol. The highest BCUT2D eigenvalue weighted by Crippen LogP contribution is 2.23. The largest absolute Gasteiger partial charge is 0.332 e. The second-order valence-electron chi connectivity index (χ2n) is 3.20. The highest BCUT2D eigenvalue weighted by Gasteiger charge is 2.15. The predicted octanol–water partition coefficient (Wildman–Crippen LogP) is 2.96. The van der Waals surface area contributed by atoms with Gasteiger partial charge >= 0.3 is 0 Å². The molecule has 2 heterocycles. The number of nitrogens with zero attached hydrogens (tertiary/aromatic N) is 3. The van der Waals surface area contributed by atoms with Gasteiger partial charge in [-0.25, -0.2) is 9.37 Å². The van der Waals surface area contributed by atoms with Gasteiger partial charge in [0.05, 0.1) is 11.6 Å². The van der Waals surface area contributed by atoms with Gasteiger partial charge in [-0.1, -0.05) is 12.1 Å². The Morgan fingerprint density at radius 2 is 2.31 bits per heavy atom. The number of pyridine rings is 1. The molecule has 6 heteroatoms. The molecule has 2 aromatic heterocycles. The zero-order chi connectivity index (χ0) is 11.5. The van der Waals surface area contributed by atoms with E-state index in [-0.39, 0.29) is 11.3 Å². The lowest BCUT2D eigenvalue weighted by molar-refractivity contribution is 0.420. The molecule has 0 aliphatic carbocycles. The molecule has 0 aliphatic heterocycles. The van der Waals surface area contributed by atoms with Crippen molar-refractivity contribution in [2.45, 2.75) is 18.7 Å². The second-order valence-corrected chi connectivity index (χ2v) is 3.72. The minimum atomic E-state index is -0.410. The Bertz CT molecular complexity index is 471. The molecule has 1 atom stereocenters. The number of rotatable bonds is 3. The first-order chi connectivity index (χ1) is 7.70. The maximum absolute atomic E-state index is 12.6. The van der Waals surface area contributed by atoms with Crippen molar-refractivity contribution in [3.8, 4) is 11.6 Å². The van der Waals surface area contributed by atoms with Crippen LogP contribution in [0.2, 0.25) is 0 Å². The summed E-state index contributed by atoms with van der Waals surface area (Å²) in [6, 6.07) is 2.76. The summed E-state index contributed by atoms with van der Waals surface area (Å²) in [6.07, 6.45) is 1.80. The van der Waals surface area contributed by atoms with Gasteiger partial charge in [0.2, 0.25) is 0 Å². The number of hydrogen-bond acceptors (Lipinski definition) is 4. The Hall–Kier alpha value is -1.49. The van der Waals surface area contributed by atoms with Crippen LogP contribution in [-0.2, 0) is 0 Å². The molecule has 0 aliphatic rings. The number of alkyl halides is 1. The molecule has 0 radical (unpaired) electrons.